The minimum Gasteiger partial charge on any atom is -0.351 e. The first-order chi connectivity index (χ1) is 15.4. The fourth-order valence-corrected chi connectivity index (χ4v) is 6.11. The number of nitrogens with zero attached hydrogens (tertiary/aromatic N) is 5. The molecule has 2 aliphatic rings. The molecule has 5 heterocycles. The van der Waals surface area contributed by atoms with Crippen molar-refractivity contribution in [2.45, 2.75) is 52.7 Å². The van der Waals surface area contributed by atoms with Crippen LogP contribution in [0.2, 0.25) is 5.02 Å². The number of rotatable bonds is 3. The lowest BCUT2D eigenvalue weighted by molar-refractivity contribution is 0.406. The standard InChI is InChI=1S/C24H29ClN6S/c1-14-7-15(2)23(27-9-14)18-8-22(26-10-19(18)25)30-6-5-20-21(13-30)32-24(29-20)31-11-16(3)28-17(4)12-31/h7-10,16-17,28H,5-6,11-13H2,1-4H3. The summed E-state index contributed by atoms with van der Waals surface area (Å²) < 4.78 is 0. The molecule has 168 valence electrons. The van der Waals surface area contributed by atoms with Crippen molar-refractivity contribution in [3.05, 3.63) is 51.2 Å². The van der Waals surface area contributed by atoms with Crippen LogP contribution in [0.5, 0.6) is 0 Å². The number of hydrogen-bond acceptors (Lipinski definition) is 7. The van der Waals surface area contributed by atoms with Gasteiger partial charge in [-0.05, 0) is 44.9 Å². The van der Waals surface area contributed by atoms with Gasteiger partial charge in [-0.15, -0.1) is 0 Å². The highest BCUT2D eigenvalue weighted by atomic mass is 35.5. The van der Waals surface area contributed by atoms with E-state index in [1.54, 1.807) is 6.20 Å². The van der Waals surface area contributed by atoms with Gasteiger partial charge in [0.25, 0.3) is 0 Å². The molecule has 3 aromatic heterocycles. The van der Waals surface area contributed by atoms with Gasteiger partial charge in [0.2, 0.25) is 0 Å². The highest BCUT2D eigenvalue weighted by Gasteiger charge is 2.27. The lowest BCUT2D eigenvalue weighted by Gasteiger charge is -2.35. The second-order valence-corrected chi connectivity index (χ2v) is 10.6. The molecule has 8 heteroatoms. The van der Waals surface area contributed by atoms with Gasteiger partial charge in [0.15, 0.2) is 5.13 Å². The molecule has 0 spiro atoms. The molecule has 0 saturated carbocycles. The van der Waals surface area contributed by atoms with Gasteiger partial charge in [-0.2, -0.15) is 0 Å². The number of piperazine rings is 1. The van der Waals surface area contributed by atoms with Crippen molar-refractivity contribution in [1.82, 2.24) is 20.3 Å². The minimum absolute atomic E-state index is 0.478. The van der Waals surface area contributed by atoms with Crippen LogP contribution in [0.15, 0.2) is 24.5 Å². The van der Waals surface area contributed by atoms with Crippen LogP contribution >= 0.6 is 22.9 Å². The first-order valence-corrected chi connectivity index (χ1v) is 12.4. The van der Waals surface area contributed by atoms with E-state index < -0.39 is 0 Å². The molecule has 0 bridgehead atoms. The lowest BCUT2D eigenvalue weighted by atomic mass is 10.1. The zero-order valence-electron chi connectivity index (χ0n) is 19.0. The van der Waals surface area contributed by atoms with E-state index in [0.717, 1.165) is 65.9 Å². The molecule has 0 aromatic carbocycles. The van der Waals surface area contributed by atoms with E-state index in [9.17, 15) is 0 Å². The third kappa shape index (κ3) is 4.21. The van der Waals surface area contributed by atoms with Gasteiger partial charge in [-0.25, -0.2) is 9.97 Å². The number of nitrogens with one attached hydrogen (secondary N) is 1. The van der Waals surface area contributed by atoms with Crippen molar-refractivity contribution < 1.29 is 0 Å². The van der Waals surface area contributed by atoms with E-state index >= 15 is 0 Å². The highest BCUT2D eigenvalue weighted by Crippen LogP contribution is 2.35. The van der Waals surface area contributed by atoms with E-state index in [4.69, 9.17) is 16.6 Å². The van der Waals surface area contributed by atoms with Crippen molar-refractivity contribution in [3.63, 3.8) is 0 Å². The summed E-state index contributed by atoms with van der Waals surface area (Å²) in [5.74, 6) is 0.941. The van der Waals surface area contributed by atoms with Crippen molar-refractivity contribution in [2.75, 3.05) is 29.4 Å². The average Bonchev–Trinajstić information content (AvgIpc) is 3.17. The molecule has 32 heavy (non-hydrogen) atoms. The molecule has 3 aromatic rings. The van der Waals surface area contributed by atoms with Gasteiger partial charge in [0.1, 0.15) is 5.82 Å². The lowest BCUT2D eigenvalue weighted by Crippen LogP contribution is -2.54. The smallest absolute Gasteiger partial charge is 0.185 e. The number of thiazole rings is 1. The predicted octanol–water partition coefficient (Wildman–Crippen LogP) is 4.62. The van der Waals surface area contributed by atoms with Gasteiger partial charge >= 0.3 is 0 Å². The largest absolute Gasteiger partial charge is 0.351 e. The van der Waals surface area contributed by atoms with Crippen LogP contribution in [-0.2, 0) is 13.0 Å². The van der Waals surface area contributed by atoms with Crippen molar-refractivity contribution >= 4 is 33.9 Å². The Morgan fingerprint density at radius 2 is 1.84 bits per heavy atom. The average molecular weight is 469 g/mol. The maximum Gasteiger partial charge on any atom is 0.185 e. The summed E-state index contributed by atoms with van der Waals surface area (Å²) in [6.45, 7) is 12.4. The van der Waals surface area contributed by atoms with Crippen LogP contribution < -0.4 is 15.1 Å². The van der Waals surface area contributed by atoms with Crippen LogP contribution in [0.4, 0.5) is 10.9 Å². The van der Waals surface area contributed by atoms with E-state index in [0.29, 0.717) is 17.1 Å². The van der Waals surface area contributed by atoms with E-state index in [1.165, 1.54) is 10.6 Å². The number of aryl methyl sites for hydroxylation is 2. The summed E-state index contributed by atoms with van der Waals surface area (Å²) in [7, 11) is 0. The first kappa shape index (κ1) is 21.6. The molecule has 1 saturated heterocycles. The van der Waals surface area contributed by atoms with Crippen LogP contribution in [0.25, 0.3) is 11.3 Å². The summed E-state index contributed by atoms with van der Waals surface area (Å²) in [6, 6.07) is 5.18. The van der Waals surface area contributed by atoms with Gasteiger partial charge in [-0.3, -0.25) is 4.98 Å². The number of pyridine rings is 2. The molecule has 2 unspecified atom stereocenters. The molecule has 1 N–H and O–H groups in total. The Hall–Kier alpha value is -2.22. The summed E-state index contributed by atoms with van der Waals surface area (Å²) in [4.78, 5) is 20.4. The van der Waals surface area contributed by atoms with Gasteiger partial charge in [0, 0.05) is 61.0 Å². The monoisotopic (exact) mass is 468 g/mol. The Bertz CT molecular complexity index is 1140. The van der Waals surface area contributed by atoms with E-state index in [1.807, 2.05) is 17.5 Å². The quantitative estimate of drug-likeness (QED) is 0.605. The molecule has 0 radical (unpaired) electrons. The van der Waals surface area contributed by atoms with Crippen molar-refractivity contribution in [2.24, 2.45) is 0 Å². The maximum atomic E-state index is 6.54. The van der Waals surface area contributed by atoms with Crippen molar-refractivity contribution in [3.8, 4) is 11.3 Å². The molecule has 0 aliphatic carbocycles. The molecule has 5 rings (SSSR count). The van der Waals surface area contributed by atoms with Crippen molar-refractivity contribution in [1.29, 1.82) is 0 Å². The maximum absolute atomic E-state index is 6.54. The van der Waals surface area contributed by atoms with Crippen LogP contribution in [0.3, 0.4) is 0 Å². The summed E-state index contributed by atoms with van der Waals surface area (Å²) in [5, 5.41) is 5.39. The van der Waals surface area contributed by atoms with Gasteiger partial charge in [0.05, 0.1) is 23.0 Å². The topological polar surface area (TPSA) is 57.2 Å². The summed E-state index contributed by atoms with van der Waals surface area (Å²) in [6.07, 6.45) is 4.58. The summed E-state index contributed by atoms with van der Waals surface area (Å²) in [5.41, 5.74) is 5.37. The fraction of sp³-hybridized carbons (Fsp3) is 0.458. The summed E-state index contributed by atoms with van der Waals surface area (Å²) >= 11 is 8.37. The first-order valence-electron chi connectivity index (χ1n) is 11.2. The fourth-order valence-electron chi connectivity index (χ4n) is 4.77. The molecule has 1 fully saturated rings. The SMILES string of the molecule is Cc1cnc(-c2cc(N3CCc4nc(N5CC(C)NC(C)C5)sc4C3)ncc2Cl)c(C)c1. The third-order valence-corrected chi connectivity index (χ3v) is 7.63. The van der Waals surface area contributed by atoms with E-state index in [2.05, 4.69) is 64.9 Å². The molecule has 2 atom stereocenters. The van der Waals surface area contributed by atoms with E-state index in [-0.39, 0.29) is 0 Å². The Morgan fingerprint density at radius 1 is 1.06 bits per heavy atom. The second kappa shape index (κ2) is 8.61. The molecular formula is C24H29ClN6S. The second-order valence-electron chi connectivity index (χ2n) is 9.11. The number of hydrogen-bond donors (Lipinski definition) is 1. The van der Waals surface area contributed by atoms with Crippen LogP contribution in [0, 0.1) is 13.8 Å². The molecule has 2 aliphatic heterocycles. The van der Waals surface area contributed by atoms with Gasteiger partial charge in [-0.1, -0.05) is 29.0 Å². The Kier molecular flexibility index (Phi) is 5.82. The van der Waals surface area contributed by atoms with Gasteiger partial charge < -0.3 is 15.1 Å². The molecule has 0 amide bonds. The normalized spacial score (nSPS) is 21.0. The Labute approximate surface area is 198 Å². The van der Waals surface area contributed by atoms with Crippen LogP contribution in [-0.4, -0.2) is 46.7 Å². The van der Waals surface area contributed by atoms with Crippen LogP contribution in [0.1, 0.15) is 35.5 Å². The Morgan fingerprint density at radius 3 is 2.59 bits per heavy atom. The molecule has 6 nitrogen and oxygen atoms in total. The highest BCUT2D eigenvalue weighted by molar-refractivity contribution is 7.15. The number of fused-ring (bicyclic) bond motifs is 1. The zero-order chi connectivity index (χ0) is 22.4. The minimum atomic E-state index is 0.478. The number of aromatic nitrogens is 3. The predicted molar refractivity (Wildman–Crippen MR) is 133 cm³/mol. The number of halogens is 1. The Balaban J connectivity index is 1.40. The number of anilines is 2. The zero-order valence-corrected chi connectivity index (χ0v) is 20.6. The molecular weight excluding hydrogens is 440 g/mol. The third-order valence-electron chi connectivity index (χ3n) is 6.18.